The van der Waals surface area contributed by atoms with Crippen LogP contribution < -0.4 is 0 Å². The smallest absolute Gasteiger partial charge is 0.191 e. The Hall–Kier alpha value is -3.00. The largest absolute Gasteiger partial charge is 0.264 e. The van der Waals surface area contributed by atoms with Crippen LogP contribution in [0.3, 0.4) is 0 Å². The van der Waals surface area contributed by atoms with Crippen LogP contribution in [0.4, 0.5) is 0 Å². The van der Waals surface area contributed by atoms with Crippen LogP contribution in [0.15, 0.2) is 48.8 Å². The monoisotopic (exact) mass is 261 g/mol. The van der Waals surface area contributed by atoms with Crippen molar-refractivity contribution >= 4 is 0 Å². The van der Waals surface area contributed by atoms with Gasteiger partial charge in [-0.15, -0.1) is 5.10 Å². The van der Waals surface area contributed by atoms with Gasteiger partial charge >= 0.3 is 0 Å². The topological polar surface area (TPSA) is 67.4 Å². The maximum absolute atomic E-state index is 9.21. The van der Waals surface area contributed by atoms with Gasteiger partial charge in [-0.05, 0) is 36.8 Å². The normalized spacial score (nSPS) is 10.2. The molecule has 3 rings (SSSR count). The van der Waals surface area contributed by atoms with Crippen molar-refractivity contribution in [3.05, 3.63) is 60.0 Å². The zero-order valence-electron chi connectivity index (χ0n) is 10.9. The minimum Gasteiger partial charge on any atom is -0.264 e. The zero-order chi connectivity index (χ0) is 13.9. The molecule has 0 bridgehead atoms. The summed E-state index contributed by atoms with van der Waals surface area (Å²) in [5.41, 5.74) is 3.76. The molecule has 20 heavy (non-hydrogen) atoms. The van der Waals surface area contributed by atoms with Crippen molar-refractivity contribution in [2.45, 2.75) is 6.92 Å². The lowest BCUT2D eigenvalue weighted by Gasteiger charge is -2.07. The molecular formula is C15H11N5. The van der Waals surface area contributed by atoms with Crippen LogP contribution >= 0.6 is 0 Å². The van der Waals surface area contributed by atoms with Gasteiger partial charge in [0.15, 0.2) is 5.69 Å². The number of aromatic nitrogens is 4. The Bertz CT molecular complexity index is 784. The van der Waals surface area contributed by atoms with E-state index >= 15 is 0 Å². The van der Waals surface area contributed by atoms with E-state index in [0.29, 0.717) is 11.4 Å². The fourth-order valence-electron chi connectivity index (χ4n) is 2.06. The van der Waals surface area contributed by atoms with E-state index in [4.69, 9.17) is 0 Å². The van der Waals surface area contributed by atoms with Crippen molar-refractivity contribution in [3.8, 4) is 23.0 Å². The van der Waals surface area contributed by atoms with Crippen LogP contribution in [-0.2, 0) is 0 Å². The predicted molar refractivity (Wildman–Crippen MR) is 74.0 cm³/mol. The molecule has 0 saturated heterocycles. The highest BCUT2D eigenvalue weighted by molar-refractivity contribution is 5.66. The van der Waals surface area contributed by atoms with Crippen molar-refractivity contribution < 1.29 is 0 Å². The molecule has 0 radical (unpaired) electrons. The third-order valence-electron chi connectivity index (χ3n) is 2.96. The molecule has 0 saturated carbocycles. The van der Waals surface area contributed by atoms with Gasteiger partial charge in [0.2, 0.25) is 0 Å². The molecule has 0 N–H and O–H groups in total. The lowest BCUT2D eigenvalue weighted by Crippen LogP contribution is -2.00. The van der Waals surface area contributed by atoms with E-state index in [-0.39, 0.29) is 0 Å². The molecule has 0 spiro atoms. The summed E-state index contributed by atoms with van der Waals surface area (Å²) in [7, 11) is 0. The van der Waals surface area contributed by atoms with Crippen LogP contribution in [0.5, 0.6) is 0 Å². The summed E-state index contributed by atoms with van der Waals surface area (Å²) in [5.74, 6) is 0. The van der Waals surface area contributed by atoms with Gasteiger partial charge in [0.05, 0.1) is 5.69 Å². The minimum atomic E-state index is 0.291. The molecule has 0 fully saturated rings. The molecule has 0 aliphatic rings. The number of hydrogen-bond acceptors (Lipinski definition) is 4. The number of aryl methyl sites for hydroxylation is 1. The minimum absolute atomic E-state index is 0.291. The molecule has 0 amide bonds. The van der Waals surface area contributed by atoms with E-state index < -0.39 is 0 Å². The Morgan fingerprint density at radius 2 is 2.10 bits per heavy atom. The van der Waals surface area contributed by atoms with Crippen molar-refractivity contribution in [1.29, 1.82) is 5.26 Å². The quantitative estimate of drug-likeness (QED) is 0.710. The zero-order valence-corrected chi connectivity index (χ0v) is 10.9. The van der Waals surface area contributed by atoms with Gasteiger partial charge in [-0.2, -0.15) is 5.26 Å². The van der Waals surface area contributed by atoms with Crippen LogP contribution in [0.1, 0.15) is 11.3 Å². The van der Waals surface area contributed by atoms with Crippen LogP contribution in [0, 0.1) is 18.3 Å². The number of nitriles is 1. The van der Waals surface area contributed by atoms with Gasteiger partial charge in [-0.25, -0.2) is 4.68 Å². The Morgan fingerprint density at radius 3 is 2.80 bits per heavy atom. The molecule has 0 unspecified atom stereocenters. The van der Waals surface area contributed by atoms with Crippen LogP contribution in [-0.4, -0.2) is 20.0 Å². The number of pyridine rings is 1. The first kappa shape index (κ1) is 12.1. The highest BCUT2D eigenvalue weighted by atomic mass is 15.4. The van der Waals surface area contributed by atoms with Gasteiger partial charge in [-0.1, -0.05) is 17.3 Å². The highest BCUT2D eigenvalue weighted by Gasteiger charge is 2.16. The molecule has 96 valence electrons. The SMILES string of the molecule is Cc1cccc(-n2nnc(C#N)c2-c2cccnc2)c1. The summed E-state index contributed by atoms with van der Waals surface area (Å²) in [5, 5.41) is 17.2. The predicted octanol–water partition coefficient (Wildman–Crippen LogP) is 2.51. The van der Waals surface area contributed by atoms with Crippen LogP contribution in [0.25, 0.3) is 16.9 Å². The molecule has 0 aliphatic heterocycles. The summed E-state index contributed by atoms with van der Waals surface area (Å²) in [6, 6.07) is 13.7. The molecule has 2 aromatic heterocycles. The maximum Gasteiger partial charge on any atom is 0.191 e. The Kier molecular flexibility index (Phi) is 2.98. The summed E-state index contributed by atoms with van der Waals surface area (Å²) in [4.78, 5) is 4.09. The van der Waals surface area contributed by atoms with Crippen LogP contribution in [0.2, 0.25) is 0 Å². The second kappa shape index (κ2) is 4.94. The molecule has 1 aromatic carbocycles. The van der Waals surface area contributed by atoms with E-state index in [1.165, 1.54) is 0 Å². The molecule has 5 heteroatoms. The highest BCUT2D eigenvalue weighted by Crippen LogP contribution is 2.24. The van der Waals surface area contributed by atoms with Gasteiger partial charge in [0, 0.05) is 18.0 Å². The molecule has 2 heterocycles. The number of benzene rings is 1. The number of hydrogen-bond donors (Lipinski definition) is 0. The van der Waals surface area contributed by atoms with E-state index in [2.05, 4.69) is 21.4 Å². The Balaban J connectivity index is 2.24. The Labute approximate surface area is 116 Å². The average Bonchev–Trinajstić information content (AvgIpc) is 2.92. The third-order valence-corrected chi connectivity index (χ3v) is 2.96. The third kappa shape index (κ3) is 2.04. The van der Waals surface area contributed by atoms with Crippen molar-refractivity contribution in [2.24, 2.45) is 0 Å². The first-order valence-corrected chi connectivity index (χ1v) is 6.13. The lowest BCUT2D eigenvalue weighted by atomic mass is 10.1. The number of nitrogens with zero attached hydrogens (tertiary/aromatic N) is 5. The summed E-state index contributed by atoms with van der Waals surface area (Å²) < 4.78 is 1.67. The second-order valence-corrected chi connectivity index (χ2v) is 4.39. The van der Waals surface area contributed by atoms with Gasteiger partial charge in [0.1, 0.15) is 11.8 Å². The molecular weight excluding hydrogens is 250 g/mol. The van der Waals surface area contributed by atoms with E-state index in [0.717, 1.165) is 16.8 Å². The molecule has 5 nitrogen and oxygen atoms in total. The summed E-state index contributed by atoms with van der Waals surface area (Å²) in [6.45, 7) is 2.01. The van der Waals surface area contributed by atoms with E-state index in [1.807, 2.05) is 43.3 Å². The summed E-state index contributed by atoms with van der Waals surface area (Å²) in [6.07, 6.45) is 3.39. The van der Waals surface area contributed by atoms with E-state index in [9.17, 15) is 5.26 Å². The Morgan fingerprint density at radius 1 is 1.20 bits per heavy atom. The van der Waals surface area contributed by atoms with Gasteiger partial charge in [-0.3, -0.25) is 4.98 Å². The van der Waals surface area contributed by atoms with Gasteiger partial charge in [0.25, 0.3) is 0 Å². The fraction of sp³-hybridized carbons (Fsp3) is 0.0667. The van der Waals surface area contributed by atoms with Gasteiger partial charge < -0.3 is 0 Å². The molecule has 0 atom stereocenters. The number of rotatable bonds is 2. The average molecular weight is 261 g/mol. The van der Waals surface area contributed by atoms with Crippen molar-refractivity contribution in [2.75, 3.05) is 0 Å². The second-order valence-electron chi connectivity index (χ2n) is 4.39. The molecule has 3 aromatic rings. The maximum atomic E-state index is 9.21. The summed E-state index contributed by atoms with van der Waals surface area (Å²) >= 11 is 0. The molecule has 0 aliphatic carbocycles. The first-order chi connectivity index (χ1) is 9.79. The van der Waals surface area contributed by atoms with Crippen molar-refractivity contribution in [1.82, 2.24) is 20.0 Å². The standard InChI is InChI=1S/C15H11N5/c1-11-4-2-6-13(8-11)20-15(14(9-16)18-19-20)12-5-3-7-17-10-12/h2-8,10H,1H3. The first-order valence-electron chi connectivity index (χ1n) is 6.13. The van der Waals surface area contributed by atoms with E-state index in [1.54, 1.807) is 17.1 Å². The fourth-order valence-corrected chi connectivity index (χ4v) is 2.06. The van der Waals surface area contributed by atoms with Crippen molar-refractivity contribution in [3.63, 3.8) is 0 Å². The lowest BCUT2D eigenvalue weighted by molar-refractivity contribution is 0.806.